The highest BCUT2D eigenvalue weighted by molar-refractivity contribution is 7.21. The lowest BCUT2D eigenvalue weighted by Gasteiger charge is -2.33. The molecule has 2 N–H and O–H groups in total. The summed E-state index contributed by atoms with van der Waals surface area (Å²) >= 11 is 2.26. The average Bonchev–Trinajstić information content (AvgIpc) is 3.95. The van der Waals surface area contributed by atoms with Crippen LogP contribution in [0.25, 0.3) is 53.3 Å². The van der Waals surface area contributed by atoms with Gasteiger partial charge in [0, 0.05) is 50.4 Å². The number of thiazole rings is 2. The molecule has 1 unspecified atom stereocenters. The summed E-state index contributed by atoms with van der Waals surface area (Å²) in [4.78, 5) is 45.8. The van der Waals surface area contributed by atoms with Crippen molar-refractivity contribution in [2.45, 2.75) is 71.1 Å². The molecule has 0 saturated carbocycles. The highest BCUT2D eigenvalue weighted by Crippen LogP contribution is 2.42. The zero-order valence-corrected chi connectivity index (χ0v) is 36.9. The van der Waals surface area contributed by atoms with Gasteiger partial charge in [-0.15, -0.1) is 22.7 Å². The molecule has 9 rings (SSSR count). The number of alkyl halides is 3. The molecule has 5 aromatic heterocycles. The summed E-state index contributed by atoms with van der Waals surface area (Å²) in [5.74, 6) is -1.27. The number of fused-ring (bicyclic) bond motifs is 3. The van der Waals surface area contributed by atoms with Crippen molar-refractivity contribution in [1.82, 2.24) is 24.8 Å². The molecule has 1 saturated heterocycles. The van der Waals surface area contributed by atoms with Crippen molar-refractivity contribution >= 4 is 54.8 Å². The molecule has 11 nitrogen and oxygen atoms in total. The molecule has 6 heterocycles. The number of piperidine rings is 1. The number of rotatable bonds is 12. The van der Waals surface area contributed by atoms with Crippen molar-refractivity contribution in [1.29, 1.82) is 0 Å². The molecule has 64 heavy (non-hydrogen) atoms. The summed E-state index contributed by atoms with van der Waals surface area (Å²) in [6.45, 7) is 6.07. The van der Waals surface area contributed by atoms with E-state index in [0.717, 1.165) is 37.3 Å². The third-order valence-corrected chi connectivity index (χ3v) is 14.0. The van der Waals surface area contributed by atoms with Crippen molar-refractivity contribution in [3.05, 3.63) is 132 Å². The fourth-order valence-electron chi connectivity index (χ4n) is 8.71. The number of halogens is 3. The molecule has 0 aliphatic carbocycles. The number of phenolic OH excluding ortho intramolecular Hbond substituents is 2. The van der Waals surface area contributed by atoms with E-state index in [1.165, 1.54) is 29.2 Å². The number of phenols is 2. The topological polar surface area (TPSA) is 146 Å². The Kier molecular flexibility index (Phi) is 11.9. The van der Waals surface area contributed by atoms with Crippen LogP contribution in [0, 0.1) is 0 Å². The van der Waals surface area contributed by atoms with Crippen LogP contribution in [0.15, 0.2) is 91.0 Å². The minimum absolute atomic E-state index is 0.0430. The Labute approximate surface area is 373 Å². The largest absolute Gasteiger partial charge is 0.507 e. The minimum atomic E-state index is -5.03. The third-order valence-electron chi connectivity index (χ3n) is 12.1. The quantitative estimate of drug-likeness (QED) is 0.121. The van der Waals surface area contributed by atoms with Crippen LogP contribution in [0.4, 0.5) is 13.2 Å². The van der Waals surface area contributed by atoms with Gasteiger partial charge in [0.05, 0.1) is 43.4 Å². The van der Waals surface area contributed by atoms with Crippen LogP contribution in [-0.4, -0.2) is 61.6 Å². The number of aromatic nitrogens is 3. The number of aryl methyl sites for hydroxylation is 2. The van der Waals surface area contributed by atoms with Crippen LogP contribution in [0.5, 0.6) is 11.5 Å². The number of likely N-dealkylation sites (N-methyl/N-ethyl adjacent to an activating group) is 1. The second-order valence-electron chi connectivity index (χ2n) is 16.3. The van der Waals surface area contributed by atoms with Crippen LogP contribution in [0.3, 0.4) is 0 Å². The van der Waals surface area contributed by atoms with Crippen LogP contribution >= 0.6 is 22.7 Å². The number of pyridine rings is 1. The molecule has 16 heteroatoms. The average molecular weight is 908 g/mol. The van der Waals surface area contributed by atoms with Crippen molar-refractivity contribution in [2.75, 3.05) is 26.7 Å². The lowest BCUT2D eigenvalue weighted by molar-refractivity contribution is -0.152. The van der Waals surface area contributed by atoms with Crippen LogP contribution in [0.2, 0.25) is 0 Å². The maximum atomic E-state index is 14.7. The van der Waals surface area contributed by atoms with E-state index >= 15 is 0 Å². The lowest BCUT2D eigenvalue weighted by atomic mass is 9.91. The van der Waals surface area contributed by atoms with E-state index in [2.05, 4.69) is 20.9 Å². The maximum absolute atomic E-state index is 14.7. The number of benzene rings is 3. The van der Waals surface area contributed by atoms with Gasteiger partial charge in [-0.1, -0.05) is 32.0 Å². The Hall–Kier alpha value is -5.94. The Bertz CT molecular complexity index is 3130. The van der Waals surface area contributed by atoms with E-state index in [0.29, 0.717) is 92.4 Å². The molecule has 0 spiro atoms. The van der Waals surface area contributed by atoms with Gasteiger partial charge in [-0.3, -0.25) is 19.5 Å². The molecule has 0 radical (unpaired) electrons. The zero-order chi connectivity index (χ0) is 44.9. The van der Waals surface area contributed by atoms with E-state index < -0.39 is 22.9 Å². The van der Waals surface area contributed by atoms with Gasteiger partial charge < -0.3 is 23.9 Å². The van der Waals surface area contributed by atoms with Crippen molar-refractivity contribution in [3.8, 4) is 32.6 Å². The number of aromatic hydroxyl groups is 2. The van der Waals surface area contributed by atoms with Crippen LogP contribution in [0.1, 0.15) is 71.9 Å². The first-order chi connectivity index (χ1) is 30.8. The predicted octanol–water partition coefficient (Wildman–Crippen LogP) is 10.3. The fourth-order valence-corrected chi connectivity index (χ4v) is 10.6. The molecule has 3 aromatic carbocycles. The summed E-state index contributed by atoms with van der Waals surface area (Å²) < 4.78 is 56.6. The Morgan fingerprint density at radius 2 is 1.69 bits per heavy atom. The monoisotopic (exact) mass is 907 g/mol. The maximum Gasteiger partial charge on any atom is 0.450 e. The molecule has 1 aliphatic heterocycles. The van der Waals surface area contributed by atoms with Gasteiger partial charge in [-0.2, -0.15) is 13.2 Å². The Morgan fingerprint density at radius 3 is 2.41 bits per heavy atom. The molecule has 1 atom stereocenters. The van der Waals surface area contributed by atoms with Gasteiger partial charge in [0.1, 0.15) is 44.5 Å². The molecular formula is C48H44F3N5O6S2. The minimum Gasteiger partial charge on any atom is -0.507 e. The fraction of sp³-hybridized carbons (Fsp3) is 0.312. The summed E-state index contributed by atoms with van der Waals surface area (Å²) in [5, 5.41) is 25.3. The first-order valence-electron chi connectivity index (χ1n) is 21.1. The Morgan fingerprint density at radius 1 is 0.938 bits per heavy atom. The molecular weight excluding hydrogens is 864 g/mol. The second-order valence-corrected chi connectivity index (χ2v) is 18.2. The van der Waals surface area contributed by atoms with E-state index in [-0.39, 0.29) is 45.0 Å². The number of nitrogens with zero attached hydrogens (tertiary/aromatic N) is 5. The van der Waals surface area contributed by atoms with E-state index in [9.17, 15) is 33.0 Å². The summed E-state index contributed by atoms with van der Waals surface area (Å²) in [6, 6.07) is 14.0. The van der Waals surface area contributed by atoms with Gasteiger partial charge in [0.2, 0.25) is 16.6 Å². The second kappa shape index (κ2) is 17.6. The van der Waals surface area contributed by atoms with E-state index in [1.54, 1.807) is 55.4 Å². The lowest BCUT2D eigenvalue weighted by Crippen LogP contribution is -2.34. The van der Waals surface area contributed by atoms with Gasteiger partial charge in [-0.25, -0.2) is 9.97 Å². The molecule has 330 valence electrons. The number of hydrogen-bond donors (Lipinski definition) is 2. The van der Waals surface area contributed by atoms with Gasteiger partial charge in [-0.05, 0) is 92.2 Å². The number of likely N-dealkylation sites (tertiary alicyclic amines) is 1. The highest BCUT2D eigenvalue weighted by atomic mass is 32.1. The summed E-state index contributed by atoms with van der Waals surface area (Å²) in [6.07, 6.45) is 3.30. The standard InChI is InChI=1S/C48H44F3N5O6S2/c1-4-26-18-31-41(59)35(24-61-43(31)34(40(26)58)23-56-16-9-11-29(21-56)28-10-8-15-52-20-28)46-53-30(25-63-46)14-17-55(3)22-33-39(57)27(5-2)19-32-42(60)38(45(48(49,50)51)62-44(32)33)47-54-36-12-6-7-13-37(36)64-47/h6-8,10,12-13,15,18-20,24-25,29,57-58H,4-5,9,11,14,16-17,21-23H2,1-3H3. The molecule has 0 amide bonds. The first-order valence-corrected chi connectivity index (χ1v) is 22.8. The molecule has 1 fully saturated rings. The first kappa shape index (κ1) is 43.3. The smallest absolute Gasteiger partial charge is 0.450 e. The van der Waals surface area contributed by atoms with Gasteiger partial charge in [0.15, 0.2) is 0 Å². The van der Waals surface area contributed by atoms with E-state index in [1.807, 2.05) is 24.6 Å². The predicted molar refractivity (Wildman–Crippen MR) is 243 cm³/mol. The summed E-state index contributed by atoms with van der Waals surface area (Å²) in [7, 11) is 1.74. The van der Waals surface area contributed by atoms with Gasteiger partial charge >= 0.3 is 6.18 Å². The summed E-state index contributed by atoms with van der Waals surface area (Å²) in [5.41, 5.74) is 2.51. The van der Waals surface area contributed by atoms with Crippen molar-refractivity contribution in [3.63, 3.8) is 0 Å². The SMILES string of the molecule is CCc1cc2c(=O)c(-c3nc(CCN(C)Cc4c(O)c(CC)cc5c(=O)c(-c6nc7ccccc7s6)c(C(F)(F)F)oc45)cs3)coc2c(CN2CCCC(c3cccnc3)C2)c1O. The highest BCUT2D eigenvalue weighted by Gasteiger charge is 2.41. The Balaban J connectivity index is 0.967. The third kappa shape index (κ3) is 8.19. The molecule has 1 aliphatic rings. The van der Waals surface area contributed by atoms with Crippen molar-refractivity contribution < 1.29 is 32.2 Å². The normalized spacial score (nSPS) is 15.0. The zero-order valence-electron chi connectivity index (χ0n) is 35.3. The number of para-hydroxylation sites is 1. The molecule has 0 bridgehead atoms. The van der Waals surface area contributed by atoms with E-state index in [4.69, 9.17) is 13.8 Å². The van der Waals surface area contributed by atoms with Crippen molar-refractivity contribution in [2.24, 2.45) is 0 Å². The number of hydrogen-bond acceptors (Lipinski definition) is 13. The molecule has 8 aromatic rings. The van der Waals surface area contributed by atoms with Crippen LogP contribution < -0.4 is 10.9 Å². The van der Waals surface area contributed by atoms with Gasteiger partial charge in [0.25, 0.3) is 0 Å². The van der Waals surface area contributed by atoms with Crippen LogP contribution in [-0.2, 0) is 38.5 Å².